The van der Waals surface area contributed by atoms with Crippen LogP contribution in [0.15, 0.2) is 22.8 Å². The normalized spacial score (nSPS) is 15.3. The van der Waals surface area contributed by atoms with Crippen LogP contribution >= 0.6 is 0 Å². The van der Waals surface area contributed by atoms with Crippen LogP contribution in [-0.4, -0.2) is 34.4 Å². The summed E-state index contributed by atoms with van der Waals surface area (Å²) in [6.07, 6.45) is 1.06. The number of carboxylic acids is 1. The summed E-state index contributed by atoms with van der Waals surface area (Å²) in [5.41, 5.74) is -1.49. The first-order valence-electron chi connectivity index (χ1n) is 5.82. The van der Waals surface area contributed by atoms with Crippen LogP contribution < -0.4 is 10.6 Å². The van der Waals surface area contributed by atoms with E-state index in [-0.39, 0.29) is 12.6 Å². The number of furan rings is 1. The molecule has 0 aliphatic rings. The van der Waals surface area contributed by atoms with E-state index >= 15 is 0 Å². The molecule has 0 saturated heterocycles. The molecule has 0 saturated carbocycles. The lowest BCUT2D eigenvalue weighted by Gasteiger charge is -2.22. The number of carboxylic acid groups (broad SMARTS) is 1. The fourth-order valence-corrected chi connectivity index (χ4v) is 1.52. The van der Waals surface area contributed by atoms with Crippen molar-refractivity contribution in [3.8, 4) is 0 Å². The van der Waals surface area contributed by atoms with Gasteiger partial charge in [-0.2, -0.15) is 0 Å². The minimum absolute atomic E-state index is 0.157. The Labute approximate surface area is 110 Å². The molecular formula is C12H18N2O5. The van der Waals surface area contributed by atoms with Gasteiger partial charge in [-0.25, -0.2) is 4.79 Å². The highest BCUT2D eigenvalue weighted by Crippen LogP contribution is 2.12. The van der Waals surface area contributed by atoms with Gasteiger partial charge < -0.3 is 25.3 Å². The van der Waals surface area contributed by atoms with Crippen molar-refractivity contribution in [2.45, 2.75) is 31.9 Å². The minimum Gasteiger partial charge on any atom is -0.481 e. The zero-order valence-corrected chi connectivity index (χ0v) is 10.8. The molecule has 19 heavy (non-hydrogen) atoms. The van der Waals surface area contributed by atoms with E-state index in [9.17, 15) is 14.7 Å². The van der Waals surface area contributed by atoms with Crippen LogP contribution in [0.4, 0.5) is 4.79 Å². The highest BCUT2D eigenvalue weighted by Gasteiger charge is 2.25. The number of amides is 2. The molecule has 0 aromatic carbocycles. The van der Waals surface area contributed by atoms with Crippen molar-refractivity contribution in [2.75, 3.05) is 6.54 Å². The van der Waals surface area contributed by atoms with E-state index in [0.29, 0.717) is 5.76 Å². The Morgan fingerprint density at radius 3 is 2.74 bits per heavy atom. The number of rotatable bonds is 6. The van der Waals surface area contributed by atoms with Gasteiger partial charge in [0.15, 0.2) is 0 Å². The Hall–Kier alpha value is -2.02. The number of carbonyl (C=O) groups is 2. The summed E-state index contributed by atoms with van der Waals surface area (Å²) in [5, 5.41) is 23.3. The molecule has 0 aliphatic heterocycles. The number of nitrogens with one attached hydrogen (secondary N) is 2. The molecule has 1 rings (SSSR count). The third-order valence-electron chi connectivity index (χ3n) is 2.48. The summed E-state index contributed by atoms with van der Waals surface area (Å²) >= 11 is 0. The topological polar surface area (TPSA) is 112 Å². The van der Waals surface area contributed by atoms with E-state index in [4.69, 9.17) is 9.52 Å². The summed E-state index contributed by atoms with van der Waals surface area (Å²) in [5.74, 6) is -0.524. The number of aliphatic hydroxyl groups is 1. The van der Waals surface area contributed by atoms with Crippen molar-refractivity contribution >= 4 is 12.0 Å². The van der Waals surface area contributed by atoms with E-state index in [1.807, 2.05) is 0 Å². The Morgan fingerprint density at radius 2 is 2.21 bits per heavy atom. The molecule has 1 aromatic heterocycles. The molecule has 2 amide bonds. The molecule has 0 fully saturated rings. The van der Waals surface area contributed by atoms with Gasteiger partial charge >= 0.3 is 12.0 Å². The second-order valence-electron chi connectivity index (χ2n) is 4.63. The van der Waals surface area contributed by atoms with Crippen molar-refractivity contribution < 1.29 is 24.2 Å². The highest BCUT2D eigenvalue weighted by atomic mass is 16.4. The molecule has 4 N–H and O–H groups in total. The first kappa shape index (κ1) is 15.0. The number of hydrogen-bond donors (Lipinski definition) is 4. The molecule has 7 nitrogen and oxygen atoms in total. The zero-order chi connectivity index (χ0) is 14.5. The van der Waals surface area contributed by atoms with Gasteiger partial charge in [0, 0.05) is 6.54 Å². The maximum Gasteiger partial charge on any atom is 0.315 e. The number of hydrogen-bond acceptors (Lipinski definition) is 4. The van der Waals surface area contributed by atoms with E-state index in [2.05, 4.69) is 10.6 Å². The van der Waals surface area contributed by atoms with Gasteiger partial charge in [0.25, 0.3) is 0 Å². The zero-order valence-electron chi connectivity index (χ0n) is 10.8. The number of carbonyl (C=O) groups excluding carboxylic acids is 1. The van der Waals surface area contributed by atoms with Gasteiger partial charge in [0.2, 0.25) is 0 Å². The molecule has 0 spiro atoms. The fourth-order valence-electron chi connectivity index (χ4n) is 1.52. The Morgan fingerprint density at radius 1 is 1.53 bits per heavy atom. The summed E-state index contributed by atoms with van der Waals surface area (Å²) in [7, 11) is 0. The summed E-state index contributed by atoms with van der Waals surface area (Å²) in [6.45, 7) is 2.93. The van der Waals surface area contributed by atoms with E-state index < -0.39 is 24.0 Å². The van der Waals surface area contributed by atoms with Crippen LogP contribution in [0, 0.1) is 0 Å². The first-order valence-corrected chi connectivity index (χ1v) is 5.82. The number of aliphatic carboxylic acids is 1. The van der Waals surface area contributed by atoms with Gasteiger partial charge in [-0.05, 0) is 26.0 Å². The molecule has 7 heteroatoms. The van der Waals surface area contributed by atoms with Gasteiger partial charge in [-0.1, -0.05) is 0 Å². The lowest BCUT2D eigenvalue weighted by Crippen LogP contribution is -2.46. The van der Waals surface area contributed by atoms with Crippen molar-refractivity contribution in [2.24, 2.45) is 0 Å². The SMILES string of the molecule is CC(NC(=O)NCC(C)(O)CC(=O)O)c1ccco1. The Kier molecular flexibility index (Phi) is 4.94. The summed E-state index contributed by atoms with van der Waals surface area (Å²) in [6, 6.07) is 2.61. The monoisotopic (exact) mass is 270 g/mol. The van der Waals surface area contributed by atoms with Crippen LogP contribution in [0.5, 0.6) is 0 Å². The van der Waals surface area contributed by atoms with Crippen molar-refractivity contribution in [1.29, 1.82) is 0 Å². The molecule has 0 bridgehead atoms. The van der Waals surface area contributed by atoms with Gasteiger partial charge in [0.1, 0.15) is 5.76 Å². The molecule has 2 atom stereocenters. The minimum atomic E-state index is -1.49. The van der Waals surface area contributed by atoms with Crippen molar-refractivity contribution in [1.82, 2.24) is 10.6 Å². The third-order valence-corrected chi connectivity index (χ3v) is 2.48. The lowest BCUT2D eigenvalue weighted by molar-refractivity contribution is -0.141. The summed E-state index contributed by atoms with van der Waals surface area (Å²) < 4.78 is 5.12. The first-order chi connectivity index (χ1) is 8.80. The predicted molar refractivity (Wildman–Crippen MR) is 66.5 cm³/mol. The van der Waals surface area contributed by atoms with Crippen LogP contribution in [0.3, 0.4) is 0 Å². The second-order valence-corrected chi connectivity index (χ2v) is 4.63. The predicted octanol–water partition coefficient (Wildman–Crippen LogP) is 0.865. The highest BCUT2D eigenvalue weighted by molar-refractivity contribution is 5.74. The van der Waals surface area contributed by atoms with Crippen LogP contribution in [0.1, 0.15) is 32.1 Å². The fraction of sp³-hybridized carbons (Fsp3) is 0.500. The van der Waals surface area contributed by atoms with E-state index in [1.54, 1.807) is 19.1 Å². The van der Waals surface area contributed by atoms with Crippen molar-refractivity contribution in [3.63, 3.8) is 0 Å². The maximum atomic E-state index is 11.6. The maximum absolute atomic E-state index is 11.6. The van der Waals surface area contributed by atoms with E-state index in [1.165, 1.54) is 13.2 Å². The van der Waals surface area contributed by atoms with Crippen LogP contribution in [0.2, 0.25) is 0 Å². The molecule has 1 aromatic rings. The average molecular weight is 270 g/mol. The van der Waals surface area contributed by atoms with E-state index in [0.717, 1.165) is 0 Å². The quantitative estimate of drug-likeness (QED) is 0.612. The van der Waals surface area contributed by atoms with Gasteiger partial charge in [-0.15, -0.1) is 0 Å². The molecule has 106 valence electrons. The largest absolute Gasteiger partial charge is 0.481 e. The lowest BCUT2D eigenvalue weighted by atomic mass is 10.0. The molecule has 0 aliphatic carbocycles. The Balaban J connectivity index is 2.37. The Bertz CT molecular complexity index is 427. The molecule has 2 unspecified atom stereocenters. The molecule has 0 radical (unpaired) electrons. The number of urea groups is 1. The smallest absolute Gasteiger partial charge is 0.315 e. The average Bonchev–Trinajstić information content (AvgIpc) is 2.78. The van der Waals surface area contributed by atoms with Crippen molar-refractivity contribution in [3.05, 3.63) is 24.2 Å². The van der Waals surface area contributed by atoms with Gasteiger partial charge in [-0.3, -0.25) is 4.79 Å². The standard InChI is InChI=1S/C12H18N2O5/c1-8(9-4-3-5-19-9)14-11(17)13-7-12(2,18)6-10(15)16/h3-5,8,18H,6-7H2,1-2H3,(H,15,16)(H2,13,14,17). The molecule has 1 heterocycles. The second kappa shape index (κ2) is 6.24. The summed E-state index contributed by atoms with van der Waals surface area (Å²) in [4.78, 5) is 22.1. The van der Waals surface area contributed by atoms with Crippen LogP contribution in [0.25, 0.3) is 0 Å². The van der Waals surface area contributed by atoms with Crippen LogP contribution in [-0.2, 0) is 4.79 Å². The third kappa shape index (κ3) is 5.43. The van der Waals surface area contributed by atoms with Gasteiger partial charge in [0.05, 0.1) is 24.3 Å². The molecular weight excluding hydrogens is 252 g/mol.